The molecule has 5 nitrogen and oxygen atoms in total. The molecule has 118 valence electrons. The minimum absolute atomic E-state index is 0.0407. The van der Waals surface area contributed by atoms with Crippen LogP contribution in [0.1, 0.15) is 38.8 Å². The Labute approximate surface area is 131 Å². The highest BCUT2D eigenvalue weighted by Gasteiger charge is 2.51. The molecule has 2 N–H and O–H groups in total. The SMILES string of the molecule is CC1(C)OB(c2ccc3c(c2)CC(NC(=O)O)C3)OC1(C)C. The fourth-order valence-electron chi connectivity index (χ4n) is 3.04. The van der Waals surface area contributed by atoms with Crippen LogP contribution in [0, 0.1) is 0 Å². The Bertz CT molecular complexity index is 598. The highest BCUT2D eigenvalue weighted by Crippen LogP contribution is 2.36. The van der Waals surface area contributed by atoms with E-state index in [2.05, 4.69) is 17.4 Å². The molecule has 3 rings (SSSR count). The van der Waals surface area contributed by atoms with Gasteiger partial charge in [0.15, 0.2) is 0 Å². The Kier molecular flexibility index (Phi) is 3.49. The van der Waals surface area contributed by atoms with Gasteiger partial charge in [0.1, 0.15) is 0 Å². The van der Waals surface area contributed by atoms with Crippen LogP contribution in [0.2, 0.25) is 0 Å². The summed E-state index contributed by atoms with van der Waals surface area (Å²) in [6.45, 7) is 8.14. The van der Waals surface area contributed by atoms with Crippen molar-refractivity contribution in [3.05, 3.63) is 29.3 Å². The number of fused-ring (bicyclic) bond motifs is 1. The van der Waals surface area contributed by atoms with Crippen molar-refractivity contribution in [2.45, 2.75) is 57.8 Å². The Morgan fingerprint density at radius 3 is 2.36 bits per heavy atom. The van der Waals surface area contributed by atoms with Gasteiger partial charge in [-0.3, -0.25) is 0 Å². The standard InChI is InChI=1S/C16H22BNO4/c1-15(2)16(3,4)22-17(21-15)12-6-5-10-8-13(18-14(19)20)9-11(10)7-12/h5-7,13,18H,8-9H2,1-4H3,(H,19,20). The Hall–Kier alpha value is -1.53. The molecule has 2 aliphatic rings. The molecular formula is C16H22BNO4. The molecule has 1 unspecified atom stereocenters. The van der Waals surface area contributed by atoms with Crippen molar-refractivity contribution in [2.24, 2.45) is 0 Å². The van der Waals surface area contributed by atoms with Crippen molar-refractivity contribution in [2.75, 3.05) is 0 Å². The molecule has 1 amide bonds. The van der Waals surface area contributed by atoms with Crippen LogP contribution in [0.25, 0.3) is 0 Å². The van der Waals surface area contributed by atoms with E-state index >= 15 is 0 Å². The molecule has 1 aromatic rings. The van der Waals surface area contributed by atoms with E-state index < -0.39 is 6.09 Å². The zero-order chi connectivity index (χ0) is 16.1. The van der Waals surface area contributed by atoms with Crippen LogP contribution in [-0.2, 0) is 22.2 Å². The first-order chi connectivity index (χ1) is 10.2. The van der Waals surface area contributed by atoms with Gasteiger partial charge < -0.3 is 19.7 Å². The van der Waals surface area contributed by atoms with Crippen molar-refractivity contribution in [1.29, 1.82) is 0 Å². The van der Waals surface area contributed by atoms with Crippen LogP contribution in [0.4, 0.5) is 4.79 Å². The third-order valence-electron chi connectivity index (χ3n) is 5.02. The number of amides is 1. The summed E-state index contributed by atoms with van der Waals surface area (Å²) in [6, 6.07) is 6.12. The van der Waals surface area contributed by atoms with Crippen molar-refractivity contribution in [3.8, 4) is 0 Å². The summed E-state index contributed by atoms with van der Waals surface area (Å²) in [4.78, 5) is 10.8. The summed E-state index contributed by atoms with van der Waals surface area (Å²) in [5, 5.41) is 11.4. The quantitative estimate of drug-likeness (QED) is 0.816. The Morgan fingerprint density at radius 1 is 1.18 bits per heavy atom. The molecule has 22 heavy (non-hydrogen) atoms. The van der Waals surface area contributed by atoms with Crippen molar-refractivity contribution >= 4 is 18.7 Å². The maximum atomic E-state index is 10.8. The third kappa shape index (κ3) is 2.61. The fourth-order valence-corrected chi connectivity index (χ4v) is 3.04. The molecule has 1 aromatic carbocycles. The van der Waals surface area contributed by atoms with Crippen molar-refractivity contribution < 1.29 is 19.2 Å². The lowest BCUT2D eigenvalue weighted by Gasteiger charge is -2.32. The number of hydrogen-bond donors (Lipinski definition) is 2. The fraction of sp³-hybridized carbons (Fsp3) is 0.562. The molecule has 0 saturated carbocycles. The summed E-state index contributed by atoms with van der Waals surface area (Å²) in [7, 11) is -0.373. The van der Waals surface area contributed by atoms with Gasteiger partial charge >= 0.3 is 13.2 Å². The van der Waals surface area contributed by atoms with Gasteiger partial charge in [0.25, 0.3) is 0 Å². The molecule has 1 fully saturated rings. The van der Waals surface area contributed by atoms with E-state index in [1.54, 1.807) is 0 Å². The Balaban J connectivity index is 1.78. The smallest absolute Gasteiger partial charge is 0.465 e. The molecule has 0 radical (unpaired) electrons. The van der Waals surface area contributed by atoms with Crippen LogP contribution >= 0.6 is 0 Å². The van der Waals surface area contributed by atoms with Crippen LogP contribution < -0.4 is 10.8 Å². The number of rotatable bonds is 2. The van der Waals surface area contributed by atoms with Gasteiger partial charge in [0.05, 0.1) is 11.2 Å². The predicted molar refractivity (Wildman–Crippen MR) is 84.5 cm³/mol. The summed E-state index contributed by atoms with van der Waals surface area (Å²) < 4.78 is 12.1. The summed E-state index contributed by atoms with van der Waals surface area (Å²) in [5.41, 5.74) is 2.65. The van der Waals surface area contributed by atoms with Gasteiger partial charge in [-0.05, 0) is 57.1 Å². The number of benzene rings is 1. The molecule has 6 heteroatoms. The van der Waals surface area contributed by atoms with Crippen LogP contribution in [0.5, 0.6) is 0 Å². The molecule has 1 aliphatic carbocycles. The van der Waals surface area contributed by atoms with Gasteiger partial charge in [-0.1, -0.05) is 18.2 Å². The number of nitrogens with one attached hydrogen (secondary N) is 1. The van der Waals surface area contributed by atoms with Crippen molar-refractivity contribution in [1.82, 2.24) is 5.32 Å². The highest BCUT2D eigenvalue weighted by atomic mass is 16.7. The van der Waals surface area contributed by atoms with Crippen LogP contribution in [0.3, 0.4) is 0 Å². The summed E-state index contributed by atoms with van der Waals surface area (Å²) in [6.07, 6.45) is 0.490. The van der Waals surface area contributed by atoms with Gasteiger partial charge in [-0.15, -0.1) is 0 Å². The van der Waals surface area contributed by atoms with E-state index in [1.807, 2.05) is 33.8 Å². The molecule has 1 saturated heterocycles. The lowest BCUT2D eigenvalue weighted by Crippen LogP contribution is -2.41. The average Bonchev–Trinajstić information content (AvgIpc) is 2.85. The van der Waals surface area contributed by atoms with E-state index in [9.17, 15) is 4.79 Å². The number of hydrogen-bond acceptors (Lipinski definition) is 3. The van der Waals surface area contributed by atoms with Gasteiger partial charge in [0.2, 0.25) is 0 Å². The lowest BCUT2D eigenvalue weighted by molar-refractivity contribution is 0.00578. The largest absolute Gasteiger partial charge is 0.494 e. The minimum atomic E-state index is -0.969. The summed E-state index contributed by atoms with van der Waals surface area (Å²) >= 11 is 0. The zero-order valence-corrected chi connectivity index (χ0v) is 13.5. The van der Waals surface area contributed by atoms with Gasteiger partial charge in [-0.2, -0.15) is 0 Å². The van der Waals surface area contributed by atoms with E-state index in [-0.39, 0.29) is 24.4 Å². The minimum Gasteiger partial charge on any atom is -0.465 e. The second kappa shape index (κ2) is 5.00. The molecule has 0 aromatic heterocycles. The zero-order valence-electron chi connectivity index (χ0n) is 13.5. The first-order valence-corrected chi connectivity index (χ1v) is 7.65. The van der Waals surface area contributed by atoms with Crippen LogP contribution in [0.15, 0.2) is 18.2 Å². The molecular weight excluding hydrogens is 281 g/mol. The van der Waals surface area contributed by atoms with Crippen LogP contribution in [-0.4, -0.2) is 35.6 Å². The predicted octanol–water partition coefficient (Wildman–Crippen LogP) is 1.72. The highest BCUT2D eigenvalue weighted by molar-refractivity contribution is 6.62. The molecule has 1 atom stereocenters. The molecule has 1 aliphatic heterocycles. The Morgan fingerprint density at radius 2 is 1.77 bits per heavy atom. The van der Waals surface area contributed by atoms with Gasteiger partial charge in [-0.25, -0.2) is 4.79 Å². The van der Waals surface area contributed by atoms with Crippen molar-refractivity contribution in [3.63, 3.8) is 0 Å². The second-order valence-electron chi connectivity index (χ2n) is 7.17. The molecule has 1 heterocycles. The molecule has 0 bridgehead atoms. The number of carboxylic acid groups (broad SMARTS) is 1. The van der Waals surface area contributed by atoms with E-state index in [0.717, 1.165) is 18.3 Å². The topological polar surface area (TPSA) is 67.8 Å². The first-order valence-electron chi connectivity index (χ1n) is 7.65. The van der Waals surface area contributed by atoms with E-state index in [1.165, 1.54) is 11.1 Å². The van der Waals surface area contributed by atoms with Gasteiger partial charge in [0, 0.05) is 6.04 Å². The maximum Gasteiger partial charge on any atom is 0.494 e. The molecule has 0 spiro atoms. The van der Waals surface area contributed by atoms with E-state index in [4.69, 9.17) is 14.4 Å². The average molecular weight is 303 g/mol. The normalized spacial score (nSPS) is 25.1. The van der Waals surface area contributed by atoms with E-state index in [0.29, 0.717) is 0 Å². The second-order valence-corrected chi connectivity index (χ2v) is 7.17. The monoisotopic (exact) mass is 303 g/mol. The number of carbonyl (C=O) groups is 1. The first kappa shape index (κ1) is 15.4. The summed E-state index contributed by atoms with van der Waals surface area (Å²) in [5.74, 6) is 0. The third-order valence-corrected chi connectivity index (χ3v) is 5.02. The maximum absolute atomic E-state index is 10.8. The lowest BCUT2D eigenvalue weighted by atomic mass is 9.78.